The van der Waals surface area contributed by atoms with Crippen LogP contribution in [-0.4, -0.2) is 38.0 Å². The van der Waals surface area contributed by atoms with E-state index in [1.807, 2.05) is 13.8 Å². The number of morpholine rings is 1. The van der Waals surface area contributed by atoms with Gasteiger partial charge in [-0.3, -0.25) is 0 Å². The van der Waals surface area contributed by atoms with E-state index in [0.717, 1.165) is 6.07 Å². The summed E-state index contributed by atoms with van der Waals surface area (Å²) in [5.41, 5.74) is 6.05. The Morgan fingerprint density at radius 1 is 1.30 bits per heavy atom. The summed E-state index contributed by atoms with van der Waals surface area (Å²) in [6.07, 6.45) is -0.387. The minimum atomic E-state index is -3.76. The van der Waals surface area contributed by atoms with Crippen LogP contribution in [-0.2, 0) is 14.8 Å². The van der Waals surface area contributed by atoms with Crippen molar-refractivity contribution in [2.24, 2.45) is 0 Å². The molecule has 1 aromatic carbocycles. The van der Waals surface area contributed by atoms with Crippen molar-refractivity contribution in [3.05, 3.63) is 23.5 Å². The van der Waals surface area contributed by atoms with Crippen LogP contribution in [0.4, 0.5) is 10.1 Å². The van der Waals surface area contributed by atoms with Gasteiger partial charge in [0, 0.05) is 24.3 Å². The van der Waals surface area contributed by atoms with Crippen LogP contribution in [0.25, 0.3) is 0 Å². The van der Waals surface area contributed by atoms with Gasteiger partial charge in [-0.2, -0.15) is 4.31 Å². The van der Waals surface area contributed by atoms with Gasteiger partial charge in [-0.15, -0.1) is 0 Å². The van der Waals surface area contributed by atoms with E-state index in [1.54, 1.807) is 0 Å². The molecule has 1 fully saturated rings. The molecular weight excluding hydrogens is 283 g/mol. The summed E-state index contributed by atoms with van der Waals surface area (Å²) in [6, 6.07) is 2.32. The lowest BCUT2D eigenvalue weighted by Crippen LogP contribution is -2.48. The van der Waals surface area contributed by atoms with Crippen molar-refractivity contribution in [1.82, 2.24) is 4.31 Å². The highest BCUT2D eigenvalue weighted by Gasteiger charge is 2.32. The molecule has 5 nitrogen and oxygen atoms in total. The smallest absolute Gasteiger partial charge is 0.243 e. The maximum Gasteiger partial charge on any atom is 0.243 e. The molecule has 1 saturated heterocycles. The summed E-state index contributed by atoms with van der Waals surface area (Å²) in [5, 5.41) is 0. The minimum absolute atomic E-state index is 0.112. The van der Waals surface area contributed by atoms with Crippen molar-refractivity contribution in [2.75, 3.05) is 18.8 Å². The zero-order valence-corrected chi connectivity index (χ0v) is 12.6. The van der Waals surface area contributed by atoms with Gasteiger partial charge in [0.25, 0.3) is 0 Å². The molecule has 0 radical (unpaired) electrons. The first-order valence-corrected chi connectivity index (χ1v) is 7.87. The number of halogens is 1. The minimum Gasteiger partial charge on any atom is -0.398 e. The number of nitrogens with two attached hydrogens (primary N) is 1. The first kappa shape index (κ1) is 15.2. The third-order valence-corrected chi connectivity index (χ3v) is 5.19. The van der Waals surface area contributed by atoms with Gasteiger partial charge in [0.05, 0.1) is 17.1 Å². The number of benzene rings is 1. The summed E-state index contributed by atoms with van der Waals surface area (Å²) in [7, 11) is -3.76. The van der Waals surface area contributed by atoms with Crippen LogP contribution in [0.3, 0.4) is 0 Å². The normalized spacial score (nSPS) is 24.8. The van der Waals surface area contributed by atoms with E-state index < -0.39 is 15.8 Å². The molecule has 0 aromatic heterocycles. The average molecular weight is 302 g/mol. The lowest BCUT2D eigenvalue weighted by atomic mass is 10.2. The number of rotatable bonds is 2. The summed E-state index contributed by atoms with van der Waals surface area (Å²) < 4.78 is 45.6. The number of anilines is 1. The molecule has 1 heterocycles. The molecule has 0 bridgehead atoms. The molecule has 1 aliphatic heterocycles. The highest BCUT2D eigenvalue weighted by Crippen LogP contribution is 2.25. The summed E-state index contributed by atoms with van der Waals surface area (Å²) in [5.74, 6) is -0.613. The number of nitrogens with zero attached hydrogens (tertiary/aromatic N) is 1. The Balaban J connectivity index is 2.40. The zero-order valence-electron chi connectivity index (χ0n) is 11.8. The highest BCUT2D eigenvalue weighted by molar-refractivity contribution is 7.89. The Morgan fingerprint density at radius 3 is 2.35 bits per heavy atom. The first-order chi connectivity index (χ1) is 9.21. The number of hydrogen-bond donors (Lipinski definition) is 1. The molecule has 0 spiro atoms. The van der Waals surface area contributed by atoms with Crippen LogP contribution in [0.2, 0.25) is 0 Å². The maximum absolute atomic E-state index is 13.7. The van der Waals surface area contributed by atoms with Gasteiger partial charge in [0.1, 0.15) is 5.82 Å². The Labute approximate surface area is 118 Å². The van der Waals surface area contributed by atoms with Gasteiger partial charge in [-0.05, 0) is 32.9 Å². The van der Waals surface area contributed by atoms with Crippen LogP contribution in [0.15, 0.2) is 17.0 Å². The van der Waals surface area contributed by atoms with E-state index in [-0.39, 0.29) is 41.4 Å². The Hall–Kier alpha value is -1.18. The molecule has 1 aliphatic rings. The van der Waals surface area contributed by atoms with Gasteiger partial charge in [0.2, 0.25) is 10.0 Å². The van der Waals surface area contributed by atoms with Gasteiger partial charge < -0.3 is 10.5 Å². The van der Waals surface area contributed by atoms with Gasteiger partial charge in [-0.25, -0.2) is 12.8 Å². The van der Waals surface area contributed by atoms with Crippen LogP contribution in [0.1, 0.15) is 19.4 Å². The molecule has 7 heteroatoms. The van der Waals surface area contributed by atoms with Crippen molar-refractivity contribution in [1.29, 1.82) is 0 Å². The third-order valence-electron chi connectivity index (χ3n) is 3.38. The van der Waals surface area contributed by atoms with Crippen LogP contribution >= 0.6 is 0 Å². The van der Waals surface area contributed by atoms with E-state index in [4.69, 9.17) is 10.5 Å². The fourth-order valence-corrected chi connectivity index (χ4v) is 3.94. The lowest BCUT2D eigenvalue weighted by molar-refractivity contribution is -0.0440. The number of sulfonamides is 1. The van der Waals surface area contributed by atoms with Crippen LogP contribution < -0.4 is 5.73 Å². The second kappa shape index (κ2) is 5.31. The number of nitrogen functional groups attached to an aromatic ring is 1. The number of ether oxygens (including phenoxy) is 1. The largest absolute Gasteiger partial charge is 0.398 e. The fourth-order valence-electron chi connectivity index (χ4n) is 2.30. The molecule has 112 valence electrons. The van der Waals surface area contributed by atoms with E-state index in [9.17, 15) is 12.8 Å². The average Bonchev–Trinajstić information content (AvgIpc) is 2.34. The van der Waals surface area contributed by atoms with Gasteiger partial charge in [-0.1, -0.05) is 0 Å². The standard InChI is InChI=1S/C13H19FN2O3S/c1-8-6-16(7-9(2)19-8)20(17,18)11-4-12(14)10(3)13(15)5-11/h4-5,8-9H,6-7,15H2,1-3H3. The molecular formula is C13H19FN2O3S. The van der Waals surface area contributed by atoms with Crippen molar-refractivity contribution in [2.45, 2.75) is 37.9 Å². The van der Waals surface area contributed by atoms with Gasteiger partial charge in [0.15, 0.2) is 0 Å². The number of hydrogen-bond acceptors (Lipinski definition) is 4. The van der Waals surface area contributed by atoms with E-state index in [2.05, 4.69) is 0 Å². The maximum atomic E-state index is 13.7. The van der Waals surface area contributed by atoms with E-state index >= 15 is 0 Å². The quantitative estimate of drug-likeness (QED) is 0.841. The molecule has 20 heavy (non-hydrogen) atoms. The Morgan fingerprint density at radius 2 is 1.85 bits per heavy atom. The molecule has 2 N–H and O–H groups in total. The van der Waals surface area contributed by atoms with Crippen molar-refractivity contribution in [3.8, 4) is 0 Å². The SMILES string of the molecule is Cc1c(N)cc(S(=O)(=O)N2CC(C)OC(C)C2)cc1F. The first-order valence-electron chi connectivity index (χ1n) is 6.43. The fraction of sp³-hybridized carbons (Fsp3) is 0.538. The third kappa shape index (κ3) is 2.79. The summed E-state index contributed by atoms with van der Waals surface area (Å²) in [6.45, 7) is 5.63. The Bertz CT molecular complexity index is 585. The van der Waals surface area contributed by atoms with Gasteiger partial charge >= 0.3 is 0 Å². The van der Waals surface area contributed by atoms with Crippen molar-refractivity contribution < 1.29 is 17.5 Å². The van der Waals surface area contributed by atoms with Crippen LogP contribution in [0, 0.1) is 12.7 Å². The van der Waals surface area contributed by atoms with Crippen molar-refractivity contribution in [3.63, 3.8) is 0 Å². The molecule has 0 aliphatic carbocycles. The second-order valence-electron chi connectivity index (χ2n) is 5.20. The molecule has 0 saturated carbocycles. The highest BCUT2D eigenvalue weighted by atomic mass is 32.2. The van der Waals surface area contributed by atoms with E-state index in [1.165, 1.54) is 17.3 Å². The van der Waals surface area contributed by atoms with Crippen molar-refractivity contribution >= 4 is 15.7 Å². The lowest BCUT2D eigenvalue weighted by Gasteiger charge is -2.34. The predicted octanol–water partition coefficient (Wildman–Crippen LogP) is 1.51. The topological polar surface area (TPSA) is 72.6 Å². The second-order valence-corrected chi connectivity index (χ2v) is 7.14. The Kier molecular flexibility index (Phi) is 4.04. The molecule has 2 rings (SSSR count). The summed E-state index contributed by atoms with van der Waals surface area (Å²) >= 11 is 0. The monoisotopic (exact) mass is 302 g/mol. The van der Waals surface area contributed by atoms with Crippen LogP contribution in [0.5, 0.6) is 0 Å². The predicted molar refractivity (Wildman–Crippen MR) is 74.3 cm³/mol. The molecule has 0 amide bonds. The molecule has 2 atom stereocenters. The summed E-state index contributed by atoms with van der Waals surface area (Å²) in [4.78, 5) is -0.112. The van der Waals surface area contributed by atoms with E-state index in [0.29, 0.717) is 0 Å². The zero-order chi connectivity index (χ0) is 15.1. The molecule has 1 aromatic rings. The molecule has 2 unspecified atom stereocenters.